The molecule has 0 unspecified atom stereocenters. The van der Waals surface area contributed by atoms with Gasteiger partial charge < -0.3 is 10.2 Å². The molecule has 3 heterocycles. The Balaban J connectivity index is 1.28. The van der Waals surface area contributed by atoms with E-state index in [1.165, 1.54) is 0 Å². The fraction of sp³-hybridized carbons (Fsp3) is 0.333. The summed E-state index contributed by atoms with van der Waals surface area (Å²) in [7, 11) is 4.00. The van der Waals surface area contributed by atoms with Crippen LogP contribution in [0.3, 0.4) is 0 Å². The third-order valence-electron chi connectivity index (χ3n) is 7.01. The maximum atomic E-state index is 13.4. The first-order valence-corrected chi connectivity index (χ1v) is 11.7. The smallest absolute Gasteiger partial charge is 0.247 e. The molecule has 34 heavy (non-hydrogen) atoms. The van der Waals surface area contributed by atoms with E-state index in [1.54, 1.807) is 24.7 Å². The molecule has 2 aliphatic rings. The third kappa shape index (κ3) is 4.19. The van der Waals surface area contributed by atoms with Crippen molar-refractivity contribution in [2.24, 2.45) is 5.92 Å². The molecule has 7 heteroatoms. The molecule has 1 aliphatic carbocycles. The van der Waals surface area contributed by atoms with E-state index in [9.17, 15) is 9.59 Å². The van der Waals surface area contributed by atoms with Gasteiger partial charge in [-0.2, -0.15) is 0 Å². The van der Waals surface area contributed by atoms with Gasteiger partial charge >= 0.3 is 0 Å². The van der Waals surface area contributed by atoms with E-state index in [4.69, 9.17) is 0 Å². The van der Waals surface area contributed by atoms with Gasteiger partial charge in [0.2, 0.25) is 11.8 Å². The minimum absolute atomic E-state index is 0.148. The molecule has 2 aromatic heterocycles. The van der Waals surface area contributed by atoms with Crippen LogP contribution >= 0.6 is 0 Å². The lowest BCUT2D eigenvalue weighted by Crippen LogP contribution is -2.52. The molecule has 2 amide bonds. The zero-order valence-corrected chi connectivity index (χ0v) is 19.6. The number of rotatable bonds is 7. The summed E-state index contributed by atoms with van der Waals surface area (Å²) in [5.41, 5.74) is 3.38. The Kier molecular flexibility index (Phi) is 5.87. The predicted octanol–water partition coefficient (Wildman–Crippen LogP) is 3.77. The molecule has 2 fully saturated rings. The van der Waals surface area contributed by atoms with Gasteiger partial charge in [-0.3, -0.25) is 19.5 Å². The van der Waals surface area contributed by atoms with Gasteiger partial charge in [-0.15, -0.1) is 0 Å². The molecular weight excluding hydrogens is 426 g/mol. The summed E-state index contributed by atoms with van der Waals surface area (Å²) in [5.74, 6) is 0.889. The number of hydrogen-bond acceptors (Lipinski definition) is 5. The number of carbonyl (C=O) groups excluding carboxylic acids is 2. The predicted molar refractivity (Wildman–Crippen MR) is 132 cm³/mol. The van der Waals surface area contributed by atoms with Crippen molar-refractivity contribution in [1.82, 2.24) is 14.9 Å². The average molecular weight is 456 g/mol. The maximum absolute atomic E-state index is 13.4. The van der Waals surface area contributed by atoms with Gasteiger partial charge in [-0.1, -0.05) is 24.3 Å². The number of carbonyl (C=O) groups is 2. The van der Waals surface area contributed by atoms with Crippen molar-refractivity contribution in [2.75, 3.05) is 30.9 Å². The Morgan fingerprint density at radius 1 is 1.09 bits per heavy atom. The van der Waals surface area contributed by atoms with Gasteiger partial charge in [0.1, 0.15) is 11.4 Å². The molecule has 1 N–H and O–H groups in total. The first kappa shape index (κ1) is 22.2. The highest BCUT2D eigenvalue weighted by atomic mass is 16.2. The molecule has 1 aliphatic heterocycles. The van der Waals surface area contributed by atoms with Crippen molar-refractivity contribution in [3.8, 4) is 11.1 Å². The van der Waals surface area contributed by atoms with E-state index in [0.29, 0.717) is 18.3 Å². The molecular formula is C27H29N5O2. The van der Waals surface area contributed by atoms with Crippen LogP contribution in [0.4, 0.5) is 11.5 Å². The third-order valence-corrected chi connectivity index (χ3v) is 7.01. The summed E-state index contributed by atoms with van der Waals surface area (Å²) in [4.78, 5) is 38.5. The number of hydrogen-bond donors (Lipinski definition) is 1. The minimum Gasteiger partial charge on any atom is -0.311 e. The summed E-state index contributed by atoms with van der Waals surface area (Å²) in [6.45, 7) is 0.673. The fourth-order valence-corrected chi connectivity index (χ4v) is 5.12. The molecule has 0 bridgehead atoms. The lowest BCUT2D eigenvalue weighted by atomic mass is 9.90. The second-order valence-electron chi connectivity index (χ2n) is 9.36. The van der Waals surface area contributed by atoms with Gasteiger partial charge in [-0.25, -0.2) is 4.98 Å². The van der Waals surface area contributed by atoms with E-state index in [2.05, 4.69) is 20.2 Å². The Morgan fingerprint density at radius 2 is 1.88 bits per heavy atom. The molecule has 0 radical (unpaired) electrons. The van der Waals surface area contributed by atoms with Gasteiger partial charge in [0.25, 0.3) is 0 Å². The van der Waals surface area contributed by atoms with Crippen LogP contribution in [0.25, 0.3) is 11.1 Å². The number of pyridine rings is 2. The maximum Gasteiger partial charge on any atom is 0.247 e. The van der Waals surface area contributed by atoms with Crippen LogP contribution in [0.1, 0.15) is 24.8 Å². The van der Waals surface area contributed by atoms with Crippen LogP contribution in [0.5, 0.6) is 0 Å². The fourth-order valence-electron chi connectivity index (χ4n) is 5.12. The highest BCUT2D eigenvalue weighted by molar-refractivity contribution is 6.03. The lowest BCUT2D eigenvalue weighted by Gasteiger charge is -2.34. The zero-order valence-electron chi connectivity index (χ0n) is 19.6. The van der Waals surface area contributed by atoms with E-state index in [-0.39, 0.29) is 18.2 Å². The molecule has 1 saturated carbocycles. The standard InChI is InChI=1S/C27H29N5O2/c1-31(2)27(22-6-7-22)11-15-32(26(27)34)23-10-14-29-24(18-23)30-25(33)17-19-4-3-5-21(16-19)20-8-12-28-13-9-20/h3-5,8-10,12-14,16,18,22H,6-7,11,15,17H2,1-2H3,(H,29,30,33)/t27-/m1/s1. The Bertz CT molecular complexity index is 1200. The average Bonchev–Trinajstić information content (AvgIpc) is 3.62. The van der Waals surface area contributed by atoms with E-state index in [1.807, 2.05) is 61.5 Å². The van der Waals surface area contributed by atoms with Crippen LogP contribution in [0.2, 0.25) is 0 Å². The largest absolute Gasteiger partial charge is 0.311 e. The Labute approximate surface area is 199 Å². The lowest BCUT2D eigenvalue weighted by molar-refractivity contribution is -0.127. The van der Waals surface area contributed by atoms with Gasteiger partial charge in [0.05, 0.1) is 6.42 Å². The number of amides is 2. The summed E-state index contributed by atoms with van der Waals surface area (Å²) in [6, 6.07) is 15.4. The van der Waals surface area contributed by atoms with Crippen molar-refractivity contribution in [1.29, 1.82) is 0 Å². The number of anilines is 2. The van der Waals surface area contributed by atoms with Crippen LogP contribution in [-0.4, -0.2) is 52.9 Å². The summed E-state index contributed by atoms with van der Waals surface area (Å²) < 4.78 is 0. The number of nitrogens with one attached hydrogen (secondary N) is 1. The number of nitrogens with zero attached hydrogens (tertiary/aromatic N) is 4. The number of aromatic nitrogens is 2. The first-order valence-electron chi connectivity index (χ1n) is 11.7. The van der Waals surface area contributed by atoms with Crippen molar-refractivity contribution in [2.45, 2.75) is 31.2 Å². The topological polar surface area (TPSA) is 78.4 Å². The highest BCUT2D eigenvalue weighted by Gasteiger charge is 2.57. The van der Waals surface area contributed by atoms with E-state index < -0.39 is 5.54 Å². The molecule has 1 aromatic carbocycles. The number of benzene rings is 1. The monoisotopic (exact) mass is 455 g/mol. The molecule has 3 aromatic rings. The second kappa shape index (κ2) is 8.99. The van der Waals surface area contributed by atoms with E-state index in [0.717, 1.165) is 41.6 Å². The van der Waals surface area contributed by atoms with Crippen molar-refractivity contribution < 1.29 is 9.59 Å². The first-order chi connectivity index (χ1) is 16.5. The molecule has 1 atom stereocenters. The van der Waals surface area contributed by atoms with Crippen molar-refractivity contribution in [3.63, 3.8) is 0 Å². The van der Waals surface area contributed by atoms with Crippen LogP contribution in [0, 0.1) is 5.92 Å². The van der Waals surface area contributed by atoms with E-state index >= 15 is 0 Å². The SMILES string of the molecule is CN(C)[C@@]1(C2CC2)CCN(c2ccnc(NC(=O)Cc3cccc(-c4ccncc4)c3)c2)C1=O. The minimum atomic E-state index is -0.410. The molecule has 0 spiro atoms. The van der Waals surface area contributed by atoms with Gasteiger partial charge in [-0.05, 0) is 74.2 Å². The number of likely N-dealkylation sites (N-methyl/N-ethyl adjacent to an activating group) is 1. The van der Waals surface area contributed by atoms with Crippen molar-refractivity contribution >= 4 is 23.3 Å². The molecule has 5 rings (SSSR count). The molecule has 7 nitrogen and oxygen atoms in total. The normalized spacial score (nSPS) is 20.1. The van der Waals surface area contributed by atoms with Crippen LogP contribution < -0.4 is 10.2 Å². The summed E-state index contributed by atoms with van der Waals surface area (Å²) in [6.07, 6.45) is 8.43. The van der Waals surface area contributed by atoms with Crippen LogP contribution in [-0.2, 0) is 16.0 Å². The van der Waals surface area contributed by atoms with Crippen LogP contribution in [0.15, 0.2) is 67.1 Å². The highest BCUT2D eigenvalue weighted by Crippen LogP contribution is 2.48. The van der Waals surface area contributed by atoms with Gasteiger partial charge in [0, 0.05) is 36.9 Å². The van der Waals surface area contributed by atoms with Crippen molar-refractivity contribution in [3.05, 3.63) is 72.7 Å². The Morgan fingerprint density at radius 3 is 2.62 bits per heavy atom. The second-order valence-corrected chi connectivity index (χ2v) is 9.36. The summed E-state index contributed by atoms with van der Waals surface area (Å²) in [5, 5.41) is 2.90. The Hall–Kier alpha value is -3.58. The summed E-state index contributed by atoms with van der Waals surface area (Å²) >= 11 is 0. The molecule has 1 saturated heterocycles. The molecule has 174 valence electrons. The quantitative estimate of drug-likeness (QED) is 0.587. The zero-order chi connectivity index (χ0) is 23.7. The van der Waals surface area contributed by atoms with Gasteiger partial charge in [0.15, 0.2) is 0 Å².